The number of benzene rings is 1. The summed E-state index contributed by atoms with van der Waals surface area (Å²) in [6.07, 6.45) is 1.57. The quantitative estimate of drug-likeness (QED) is 0.504. The van der Waals surface area contributed by atoms with Crippen LogP contribution in [0.5, 0.6) is 0 Å². The zero-order valence-electron chi connectivity index (χ0n) is 18.2. The maximum absolute atomic E-state index is 12.7. The Kier molecular flexibility index (Phi) is 5.30. The molecule has 5 rings (SSSR count). The molecule has 0 saturated carbocycles. The number of H-pyrrole nitrogens is 1. The van der Waals surface area contributed by atoms with Crippen LogP contribution in [0.4, 0.5) is 5.82 Å². The van der Waals surface area contributed by atoms with Gasteiger partial charge in [0, 0.05) is 24.7 Å². The number of hydrogen-bond donors (Lipinski definition) is 2. The van der Waals surface area contributed by atoms with Gasteiger partial charge in [-0.25, -0.2) is 9.67 Å². The average Bonchev–Trinajstić information content (AvgIpc) is 3.39. The fourth-order valence-corrected chi connectivity index (χ4v) is 4.24. The van der Waals surface area contributed by atoms with E-state index in [1.807, 2.05) is 56.3 Å². The van der Waals surface area contributed by atoms with Gasteiger partial charge in [0.1, 0.15) is 5.82 Å². The van der Waals surface area contributed by atoms with Crippen molar-refractivity contribution in [2.75, 3.05) is 18.0 Å². The molecule has 1 aromatic carbocycles. The third-order valence-corrected chi connectivity index (χ3v) is 5.92. The molecule has 0 bridgehead atoms. The van der Waals surface area contributed by atoms with E-state index in [0.717, 1.165) is 60.0 Å². The van der Waals surface area contributed by atoms with Crippen LogP contribution < -0.4 is 10.2 Å². The van der Waals surface area contributed by atoms with Crippen LogP contribution in [0.15, 0.2) is 42.5 Å². The molecule has 0 atom stereocenters. The van der Waals surface area contributed by atoms with Crippen molar-refractivity contribution in [3.05, 3.63) is 59.7 Å². The van der Waals surface area contributed by atoms with Crippen LogP contribution in [-0.2, 0) is 11.3 Å². The van der Waals surface area contributed by atoms with Gasteiger partial charge in [-0.3, -0.25) is 4.79 Å². The summed E-state index contributed by atoms with van der Waals surface area (Å²) < 4.78 is 1.80. The smallest absolute Gasteiger partial charge is 0.223 e. The first kappa shape index (κ1) is 20.2. The minimum Gasteiger partial charge on any atom is -0.355 e. The molecule has 9 heteroatoms. The van der Waals surface area contributed by atoms with Gasteiger partial charge in [0.2, 0.25) is 5.91 Å². The summed E-state index contributed by atoms with van der Waals surface area (Å²) in [5.74, 6) is 2.39. The Labute approximate surface area is 185 Å². The van der Waals surface area contributed by atoms with Crippen LogP contribution in [0, 0.1) is 19.8 Å². The molecular weight excluding hydrogens is 404 g/mol. The Morgan fingerprint density at radius 3 is 2.53 bits per heavy atom. The molecule has 9 nitrogen and oxygen atoms in total. The number of piperidine rings is 1. The van der Waals surface area contributed by atoms with Crippen molar-refractivity contribution in [1.82, 2.24) is 35.3 Å². The molecule has 4 heterocycles. The molecule has 4 aromatic rings. The van der Waals surface area contributed by atoms with E-state index in [2.05, 4.69) is 35.5 Å². The number of anilines is 1. The number of hydrogen-bond acceptors (Lipinski definition) is 6. The number of carbonyl (C=O) groups excluding carboxylic acids is 1. The minimum absolute atomic E-state index is 0.00226. The van der Waals surface area contributed by atoms with Gasteiger partial charge in [-0.05, 0) is 57.0 Å². The molecule has 32 heavy (non-hydrogen) atoms. The van der Waals surface area contributed by atoms with Crippen molar-refractivity contribution >= 4 is 22.8 Å². The number of rotatable bonds is 5. The molecule has 0 radical (unpaired) electrons. The number of fused-ring (bicyclic) bond motifs is 1. The van der Waals surface area contributed by atoms with Crippen LogP contribution in [-0.4, -0.2) is 48.9 Å². The molecule has 0 spiro atoms. The Morgan fingerprint density at radius 2 is 1.84 bits per heavy atom. The van der Waals surface area contributed by atoms with Gasteiger partial charge in [0.25, 0.3) is 0 Å². The lowest BCUT2D eigenvalue weighted by Crippen LogP contribution is -2.40. The second-order valence-corrected chi connectivity index (χ2v) is 8.27. The summed E-state index contributed by atoms with van der Waals surface area (Å²) in [7, 11) is 0. The third kappa shape index (κ3) is 4.05. The first-order valence-corrected chi connectivity index (χ1v) is 10.9. The van der Waals surface area contributed by atoms with Crippen molar-refractivity contribution in [3.63, 3.8) is 0 Å². The predicted molar refractivity (Wildman–Crippen MR) is 122 cm³/mol. The highest BCUT2D eigenvalue weighted by atomic mass is 16.1. The lowest BCUT2D eigenvalue weighted by atomic mass is 9.96. The van der Waals surface area contributed by atoms with E-state index in [0.29, 0.717) is 12.4 Å². The van der Waals surface area contributed by atoms with E-state index in [1.54, 1.807) is 4.68 Å². The largest absolute Gasteiger partial charge is 0.355 e. The summed E-state index contributed by atoms with van der Waals surface area (Å²) >= 11 is 0. The monoisotopic (exact) mass is 430 g/mol. The Hall–Kier alpha value is -3.75. The van der Waals surface area contributed by atoms with Gasteiger partial charge in [0.05, 0.1) is 23.3 Å². The minimum atomic E-state index is -0.00226. The van der Waals surface area contributed by atoms with Crippen molar-refractivity contribution in [1.29, 1.82) is 0 Å². The number of imidazole rings is 1. The van der Waals surface area contributed by atoms with E-state index < -0.39 is 0 Å². The predicted octanol–water partition coefficient (Wildman–Crippen LogP) is 2.69. The lowest BCUT2D eigenvalue weighted by molar-refractivity contribution is -0.125. The normalized spacial score (nSPS) is 14.8. The fourth-order valence-electron chi connectivity index (χ4n) is 4.24. The number of para-hydroxylation sites is 2. The maximum Gasteiger partial charge on any atom is 0.223 e. The second-order valence-electron chi connectivity index (χ2n) is 8.27. The summed E-state index contributed by atoms with van der Waals surface area (Å²) in [5.41, 5.74) is 3.87. The van der Waals surface area contributed by atoms with Gasteiger partial charge < -0.3 is 15.2 Å². The maximum atomic E-state index is 12.7. The van der Waals surface area contributed by atoms with Gasteiger partial charge in [-0.2, -0.15) is 5.10 Å². The van der Waals surface area contributed by atoms with Crippen molar-refractivity contribution < 1.29 is 4.79 Å². The Bertz CT molecular complexity index is 1200. The average molecular weight is 431 g/mol. The molecule has 1 fully saturated rings. The zero-order valence-corrected chi connectivity index (χ0v) is 18.2. The molecule has 0 unspecified atom stereocenters. The number of nitrogens with zero attached hydrogens (tertiary/aromatic N) is 6. The van der Waals surface area contributed by atoms with E-state index in [-0.39, 0.29) is 11.8 Å². The number of aromatic nitrogens is 6. The van der Waals surface area contributed by atoms with Crippen LogP contribution >= 0.6 is 0 Å². The Balaban J connectivity index is 1.15. The summed E-state index contributed by atoms with van der Waals surface area (Å²) in [4.78, 5) is 22.6. The molecule has 1 aliphatic heterocycles. The van der Waals surface area contributed by atoms with Crippen LogP contribution in [0.1, 0.15) is 30.1 Å². The zero-order chi connectivity index (χ0) is 22.1. The number of aromatic amines is 1. The molecular formula is C23H26N8O. The fraction of sp³-hybridized carbons (Fsp3) is 0.348. The summed E-state index contributed by atoms with van der Waals surface area (Å²) in [6, 6.07) is 13.8. The standard InChI is InChI=1S/C23H26N8O/c1-15-13-16(2)31(29-15)22-8-7-21(27-28-22)30-11-9-17(10-12-30)23(32)24-14-20-25-18-5-3-4-6-19(18)26-20/h3-8,13,17H,9-12,14H2,1-2H3,(H,24,32)(H,25,26). The van der Waals surface area contributed by atoms with Gasteiger partial charge in [-0.15, -0.1) is 10.2 Å². The van der Waals surface area contributed by atoms with Crippen LogP contribution in [0.3, 0.4) is 0 Å². The topological polar surface area (TPSA) is 105 Å². The lowest BCUT2D eigenvalue weighted by Gasteiger charge is -2.31. The third-order valence-electron chi connectivity index (χ3n) is 5.92. The SMILES string of the molecule is Cc1cc(C)n(-c2ccc(N3CCC(C(=O)NCc4nc5ccccc5[nH]4)CC3)nn2)n1. The van der Waals surface area contributed by atoms with Crippen molar-refractivity contribution in [3.8, 4) is 5.82 Å². The van der Waals surface area contributed by atoms with Gasteiger partial charge in [-0.1, -0.05) is 12.1 Å². The highest BCUT2D eigenvalue weighted by Crippen LogP contribution is 2.22. The number of nitrogens with one attached hydrogen (secondary N) is 2. The van der Waals surface area contributed by atoms with Crippen molar-refractivity contribution in [2.24, 2.45) is 5.92 Å². The highest BCUT2D eigenvalue weighted by molar-refractivity contribution is 5.79. The van der Waals surface area contributed by atoms with Gasteiger partial charge in [0.15, 0.2) is 11.6 Å². The van der Waals surface area contributed by atoms with Crippen LogP contribution in [0.2, 0.25) is 0 Å². The molecule has 164 valence electrons. The van der Waals surface area contributed by atoms with Crippen molar-refractivity contribution in [2.45, 2.75) is 33.2 Å². The van der Waals surface area contributed by atoms with Crippen LogP contribution in [0.25, 0.3) is 16.9 Å². The summed E-state index contributed by atoms with van der Waals surface area (Å²) in [5, 5.41) is 16.2. The van der Waals surface area contributed by atoms with E-state index in [9.17, 15) is 4.79 Å². The first-order valence-electron chi connectivity index (χ1n) is 10.9. The summed E-state index contributed by atoms with van der Waals surface area (Å²) in [6.45, 7) is 5.92. The van der Waals surface area contributed by atoms with E-state index in [4.69, 9.17) is 0 Å². The number of amides is 1. The molecule has 1 aliphatic rings. The first-order chi connectivity index (χ1) is 15.6. The van der Waals surface area contributed by atoms with E-state index >= 15 is 0 Å². The second kappa shape index (κ2) is 8.41. The van der Waals surface area contributed by atoms with E-state index in [1.165, 1.54) is 0 Å². The Morgan fingerprint density at radius 1 is 1.09 bits per heavy atom. The molecule has 2 N–H and O–H groups in total. The number of carbonyl (C=O) groups is 1. The highest BCUT2D eigenvalue weighted by Gasteiger charge is 2.26. The molecule has 3 aromatic heterocycles. The van der Waals surface area contributed by atoms with Gasteiger partial charge >= 0.3 is 0 Å². The number of aryl methyl sites for hydroxylation is 2. The molecule has 1 saturated heterocycles. The molecule has 1 amide bonds. The molecule has 0 aliphatic carbocycles.